The minimum atomic E-state index is -3.92. The van der Waals surface area contributed by atoms with Gasteiger partial charge in [0, 0.05) is 12.5 Å². The molecule has 25 heavy (non-hydrogen) atoms. The standard InChI is InChI=1S/C18H17NO5S/c1-23-15-4-6-16(7-5-15)25(21,22)19-18(20)9-3-13-2-8-17-14(12-13)10-11-24-17/h2-9,12H,10-11H2,1H3,(H,19,20)/b9-3+. The van der Waals surface area contributed by atoms with Crippen LogP contribution in [-0.2, 0) is 21.2 Å². The molecule has 0 saturated carbocycles. The number of carbonyl (C=O) groups is 1. The van der Waals surface area contributed by atoms with E-state index in [4.69, 9.17) is 9.47 Å². The Hall–Kier alpha value is -2.80. The van der Waals surface area contributed by atoms with Crippen molar-refractivity contribution in [1.82, 2.24) is 4.72 Å². The Balaban J connectivity index is 1.68. The molecule has 2 aromatic carbocycles. The average molecular weight is 359 g/mol. The highest BCUT2D eigenvalue weighted by molar-refractivity contribution is 7.90. The Labute approximate surface area is 146 Å². The monoisotopic (exact) mass is 359 g/mol. The predicted octanol–water partition coefficient (Wildman–Crippen LogP) is 2.15. The number of hydrogen-bond donors (Lipinski definition) is 1. The fourth-order valence-corrected chi connectivity index (χ4v) is 3.41. The number of amides is 1. The number of fused-ring (bicyclic) bond motifs is 1. The summed E-state index contributed by atoms with van der Waals surface area (Å²) < 4.78 is 36.8. The second-order valence-electron chi connectivity index (χ2n) is 5.44. The van der Waals surface area contributed by atoms with E-state index in [1.54, 1.807) is 6.08 Å². The van der Waals surface area contributed by atoms with Crippen molar-refractivity contribution in [2.24, 2.45) is 0 Å². The lowest BCUT2D eigenvalue weighted by Gasteiger charge is -2.06. The van der Waals surface area contributed by atoms with E-state index < -0.39 is 15.9 Å². The number of methoxy groups -OCH3 is 1. The molecule has 0 spiro atoms. The molecule has 6 nitrogen and oxygen atoms in total. The van der Waals surface area contributed by atoms with Crippen LogP contribution in [0.25, 0.3) is 6.08 Å². The Kier molecular flexibility index (Phi) is 4.76. The van der Waals surface area contributed by atoms with Crippen LogP contribution >= 0.6 is 0 Å². The Morgan fingerprint density at radius 1 is 1.20 bits per heavy atom. The first-order valence-electron chi connectivity index (χ1n) is 7.62. The first-order chi connectivity index (χ1) is 12.0. The zero-order valence-electron chi connectivity index (χ0n) is 13.6. The summed E-state index contributed by atoms with van der Waals surface area (Å²) in [7, 11) is -2.44. The fourth-order valence-electron chi connectivity index (χ4n) is 2.46. The minimum absolute atomic E-state index is 0.00951. The summed E-state index contributed by atoms with van der Waals surface area (Å²) in [5, 5.41) is 0. The van der Waals surface area contributed by atoms with E-state index in [9.17, 15) is 13.2 Å². The highest BCUT2D eigenvalue weighted by Crippen LogP contribution is 2.26. The van der Waals surface area contributed by atoms with Crippen LogP contribution in [0.2, 0.25) is 0 Å². The Bertz CT molecular complexity index is 917. The van der Waals surface area contributed by atoms with Crippen molar-refractivity contribution in [1.29, 1.82) is 0 Å². The number of hydrogen-bond acceptors (Lipinski definition) is 5. The first kappa shape index (κ1) is 17.0. The van der Waals surface area contributed by atoms with Crippen LogP contribution in [0.3, 0.4) is 0 Å². The maximum absolute atomic E-state index is 12.2. The second kappa shape index (κ2) is 6.98. The molecule has 130 valence electrons. The Morgan fingerprint density at radius 3 is 2.68 bits per heavy atom. The molecule has 0 atom stereocenters. The largest absolute Gasteiger partial charge is 0.497 e. The smallest absolute Gasteiger partial charge is 0.264 e. The van der Waals surface area contributed by atoms with Gasteiger partial charge in [-0.05, 0) is 53.6 Å². The van der Waals surface area contributed by atoms with Gasteiger partial charge in [-0.15, -0.1) is 0 Å². The van der Waals surface area contributed by atoms with Crippen molar-refractivity contribution < 1.29 is 22.7 Å². The van der Waals surface area contributed by atoms with Gasteiger partial charge in [-0.2, -0.15) is 0 Å². The van der Waals surface area contributed by atoms with Crippen molar-refractivity contribution in [3.05, 3.63) is 59.7 Å². The van der Waals surface area contributed by atoms with E-state index in [-0.39, 0.29) is 4.90 Å². The van der Waals surface area contributed by atoms with Gasteiger partial charge in [0.2, 0.25) is 0 Å². The molecule has 1 N–H and O–H groups in total. The molecule has 3 rings (SSSR count). The second-order valence-corrected chi connectivity index (χ2v) is 7.13. The van der Waals surface area contributed by atoms with Gasteiger partial charge < -0.3 is 9.47 Å². The molecule has 1 aliphatic rings. The third kappa shape index (κ3) is 4.00. The first-order valence-corrected chi connectivity index (χ1v) is 9.11. The van der Waals surface area contributed by atoms with Crippen LogP contribution in [0.5, 0.6) is 11.5 Å². The van der Waals surface area contributed by atoms with E-state index >= 15 is 0 Å². The van der Waals surface area contributed by atoms with Crippen molar-refractivity contribution >= 4 is 22.0 Å². The van der Waals surface area contributed by atoms with Crippen molar-refractivity contribution in [2.45, 2.75) is 11.3 Å². The highest BCUT2D eigenvalue weighted by Gasteiger charge is 2.16. The minimum Gasteiger partial charge on any atom is -0.497 e. The van der Waals surface area contributed by atoms with Gasteiger partial charge in [0.05, 0.1) is 18.6 Å². The molecular formula is C18H17NO5S. The lowest BCUT2D eigenvalue weighted by atomic mass is 10.1. The van der Waals surface area contributed by atoms with Crippen molar-refractivity contribution in [2.75, 3.05) is 13.7 Å². The summed E-state index contributed by atoms with van der Waals surface area (Å²) in [6, 6.07) is 11.4. The van der Waals surface area contributed by atoms with Gasteiger partial charge in [0.25, 0.3) is 15.9 Å². The maximum atomic E-state index is 12.2. The van der Waals surface area contributed by atoms with Gasteiger partial charge in [-0.1, -0.05) is 6.07 Å². The average Bonchev–Trinajstić information content (AvgIpc) is 3.07. The summed E-state index contributed by atoms with van der Waals surface area (Å²) in [6.45, 7) is 0.656. The van der Waals surface area contributed by atoms with E-state index in [1.165, 1.54) is 37.5 Å². The van der Waals surface area contributed by atoms with Gasteiger partial charge in [0.1, 0.15) is 11.5 Å². The Morgan fingerprint density at radius 2 is 1.96 bits per heavy atom. The highest BCUT2D eigenvalue weighted by atomic mass is 32.2. The lowest BCUT2D eigenvalue weighted by molar-refractivity contribution is -0.114. The lowest BCUT2D eigenvalue weighted by Crippen LogP contribution is -2.28. The van der Waals surface area contributed by atoms with Crippen LogP contribution in [-0.4, -0.2) is 28.0 Å². The quantitative estimate of drug-likeness (QED) is 0.827. The number of ether oxygens (including phenoxy) is 2. The molecule has 7 heteroatoms. The molecule has 1 amide bonds. The molecule has 2 aromatic rings. The summed E-state index contributed by atoms with van der Waals surface area (Å²) >= 11 is 0. The number of carbonyl (C=O) groups excluding carboxylic acids is 1. The summed E-state index contributed by atoms with van der Waals surface area (Å²) in [5.41, 5.74) is 1.88. The van der Waals surface area contributed by atoms with Crippen LogP contribution in [0, 0.1) is 0 Å². The predicted molar refractivity (Wildman–Crippen MR) is 93.0 cm³/mol. The zero-order valence-corrected chi connectivity index (χ0v) is 14.4. The summed E-state index contributed by atoms with van der Waals surface area (Å²) in [4.78, 5) is 11.9. The molecule has 0 radical (unpaired) electrons. The molecule has 0 aliphatic carbocycles. The summed E-state index contributed by atoms with van der Waals surface area (Å²) in [6.07, 6.45) is 3.59. The summed E-state index contributed by atoms with van der Waals surface area (Å²) in [5.74, 6) is 0.669. The van der Waals surface area contributed by atoms with Crippen molar-refractivity contribution in [3.8, 4) is 11.5 Å². The molecule has 0 unspecified atom stereocenters. The van der Waals surface area contributed by atoms with Crippen LogP contribution in [0.4, 0.5) is 0 Å². The SMILES string of the molecule is COc1ccc(S(=O)(=O)NC(=O)/C=C/c2ccc3c(c2)CCO3)cc1. The van der Waals surface area contributed by atoms with E-state index in [2.05, 4.69) is 0 Å². The topological polar surface area (TPSA) is 81.7 Å². The van der Waals surface area contributed by atoms with Gasteiger partial charge in [-0.25, -0.2) is 13.1 Å². The van der Waals surface area contributed by atoms with E-state index in [0.29, 0.717) is 12.4 Å². The van der Waals surface area contributed by atoms with Crippen LogP contribution in [0.15, 0.2) is 53.4 Å². The molecule has 0 fully saturated rings. The van der Waals surface area contributed by atoms with E-state index in [1.807, 2.05) is 22.9 Å². The normalized spacial score (nSPS) is 13.3. The van der Waals surface area contributed by atoms with Gasteiger partial charge in [-0.3, -0.25) is 4.79 Å². The molecule has 0 saturated heterocycles. The number of nitrogens with one attached hydrogen (secondary N) is 1. The molecule has 1 aliphatic heterocycles. The zero-order chi connectivity index (χ0) is 17.9. The number of rotatable bonds is 5. The molecule has 0 bridgehead atoms. The molecule has 1 heterocycles. The number of benzene rings is 2. The van der Waals surface area contributed by atoms with Crippen molar-refractivity contribution in [3.63, 3.8) is 0 Å². The molecule has 0 aromatic heterocycles. The third-order valence-corrected chi connectivity index (χ3v) is 5.11. The van der Waals surface area contributed by atoms with Gasteiger partial charge >= 0.3 is 0 Å². The fraction of sp³-hybridized carbons (Fsp3) is 0.167. The van der Waals surface area contributed by atoms with Crippen LogP contribution < -0.4 is 14.2 Å². The van der Waals surface area contributed by atoms with Gasteiger partial charge in [0.15, 0.2) is 0 Å². The van der Waals surface area contributed by atoms with E-state index in [0.717, 1.165) is 23.3 Å². The number of sulfonamides is 1. The molecular weight excluding hydrogens is 342 g/mol. The van der Waals surface area contributed by atoms with Crippen LogP contribution in [0.1, 0.15) is 11.1 Å². The maximum Gasteiger partial charge on any atom is 0.264 e. The third-order valence-electron chi connectivity index (χ3n) is 3.75.